The highest BCUT2D eigenvalue weighted by molar-refractivity contribution is 5.19. The van der Waals surface area contributed by atoms with Gasteiger partial charge in [-0.2, -0.15) is 0 Å². The lowest BCUT2D eigenvalue weighted by molar-refractivity contribution is 0.184. The summed E-state index contributed by atoms with van der Waals surface area (Å²) < 4.78 is 5.79. The Morgan fingerprint density at radius 3 is 2.65 bits per heavy atom. The number of nitrogens with two attached hydrogens (primary N) is 1. The van der Waals surface area contributed by atoms with Gasteiger partial charge in [0.2, 0.25) is 0 Å². The van der Waals surface area contributed by atoms with Gasteiger partial charge in [-0.25, -0.2) is 0 Å². The Morgan fingerprint density at radius 2 is 2.12 bits per heavy atom. The van der Waals surface area contributed by atoms with E-state index in [0.717, 1.165) is 30.7 Å². The summed E-state index contributed by atoms with van der Waals surface area (Å²) >= 11 is 0. The lowest BCUT2D eigenvalue weighted by Gasteiger charge is -2.26. The van der Waals surface area contributed by atoms with Gasteiger partial charge >= 0.3 is 0 Å². The first-order chi connectivity index (χ1) is 8.24. The third kappa shape index (κ3) is 2.90. The summed E-state index contributed by atoms with van der Waals surface area (Å²) in [6.07, 6.45) is 5.45. The molecule has 1 fully saturated rings. The highest BCUT2D eigenvalue weighted by atomic mass is 16.3. The van der Waals surface area contributed by atoms with E-state index in [4.69, 9.17) is 10.2 Å². The third-order valence-corrected chi connectivity index (χ3v) is 3.86. The number of furan rings is 1. The minimum absolute atomic E-state index is 0.501. The van der Waals surface area contributed by atoms with Gasteiger partial charge in [0.25, 0.3) is 0 Å². The topological polar surface area (TPSA) is 42.4 Å². The SMILES string of the molecule is CCN(Cc1cc(C)c(CN)o1)C1CCCC1. The van der Waals surface area contributed by atoms with Crippen LogP contribution in [0.3, 0.4) is 0 Å². The molecule has 2 N–H and O–H groups in total. The van der Waals surface area contributed by atoms with Crippen molar-refractivity contribution in [1.82, 2.24) is 4.90 Å². The van der Waals surface area contributed by atoms with Crippen LogP contribution in [-0.2, 0) is 13.1 Å². The van der Waals surface area contributed by atoms with Gasteiger partial charge in [-0.3, -0.25) is 4.90 Å². The summed E-state index contributed by atoms with van der Waals surface area (Å²) in [5, 5.41) is 0. The monoisotopic (exact) mass is 236 g/mol. The fourth-order valence-corrected chi connectivity index (χ4v) is 2.84. The predicted octanol–water partition coefficient (Wildman–Crippen LogP) is 2.81. The molecule has 1 heterocycles. The molecular formula is C14H24N2O. The van der Waals surface area contributed by atoms with Crippen molar-refractivity contribution in [1.29, 1.82) is 0 Å². The van der Waals surface area contributed by atoms with Gasteiger partial charge in [0.1, 0.15) is 11.5 Å². The first kappa shape index (κ1) is 12.7. The average molecular weight is 236 g/mol. The van der Waals surface area contributed by atoms with Crippen LogP contribution in [0.5, 0.6) is 0 Å². The van der Waals surface area contributed by atoms with Crippen molar-refractivity contribution in [2.45, 2.75) is 58.7 Å². The second-order valence-electron chi connectivity index (χ2n) is 5.02. The minimum atomic E-state index is 0.501. The Kier molecular flexibility index (Phi) is 4.24. The van der Waals surface area contributed by atoms with Crippen molar-refractivity contribution in [2.24, 2.45) is 5.73 Å². The molecule has 0 aliphatic heterocycles. The van der Waals surface area contributed by atoms with Crippen LogP contribution < -0.4 is 5.73 Å². The first-order valence-electron chi connectivity index (χ1n) is 6.77. The van der Waals surface area contributed by atoms with E-state index in [1.807, 2.05) is 0 Å². The molecule has 0 bridgehead atoms. The molecule has 1 saturated carbocycles. The summed E-state index contributed by atoms with van der Waals surface area (Å²) in [6.45, 7) is 6.84. The lowest BCUT2D eigenvalue weighted by Crippen LogP contribution is -2.32. The van der Waals surface area contributed by atoms with E-state index < -0.39 is 0 Å². The highest BCUT2D eigenvalue weighted by Crippen LogP contribution is 2.25. The average Bonchev–Trinajstić information content (AvgIpc) is 2.95. The van der Waals surface area contributed by atoms with E-state index in [-0.39, 0.29) is 0 Å². The van der Waals surface area contributed by atoms with Crippen molar-refractivity contribution in [2.75, 3.05) is 6.54 Å². The smallest absolute Gasteiger partial charge is 0.120 e. The third-order valence-electron chi connectivity index (χ3n) is 3.86. The molecule has 0 spiro atoms. The molecular weight excluding hydrogens is 212 g/mol. The van der Waals surface area contributed by atoms with Gasteiger partial charge in [0, 0.05) is 6.04 Å². The fourth-order valence-electron chi connectivity index (χ4n) is 2.84. The van der Waals surface area contributed by atoms with Gasteiger partial charge in [0.15, 0.2) is 0 Å². The van der Waals surface area contributed by atoms with E-state index in [1.54, 1.807) is 0 Å². The largest absolute Gasteiger partial charge is 0.463 e. The molecule has 0 atom stereocenters. The van der Waals surface area contributed by atoms with Crippen LogP contribution in [0.15, 0.2) is 10.5 Å². The van der Waals surface area contributed by atoms with Crippen LogP contribution >= 0.6 is 0 Å². The first-order valence-corrected chi connectivity index (χ1v) is 6.77. The van der Waals surface area contributed by atoms with Crippen molar-refractivity contribution >= 4 is 0 Å². The molecule has 0 amide bonds. The van der Waals surface area contributed by atoms with Crippen molar-refractivity contribution < 1.29 is 4.42 Å². The highest BCUT2D eigenvalue weighted by Gasteiger charge is 2.22. The molecule has 3 nitrogen and oxygen atoms in total. The summed E-state index contributed by atoms with van der Waals surface area (Å²) in [7, 11) is 0. The molecule has 0 radical (unpaired) electrons. The maximum absolute atomic E-state index is 5.79. The molecule has 17 heavy (non-hydrogen) atoms. The van der Waals surface area contributed by atoms with Crippen molar-refractivity contribution in [3.05, 3.63) is 23.2 Å². The fraction of sp³-hybridized carbons (Fsp3) is 0.714. The zero-order chi connectivity index (χ0) is 12.3. The summed E-state index contributed by atoms with van der Waals surface area (Å²) in [5.74, 6) is 2.00. The van der Waals surface area contributed by atoms with Crippen molar-refractivity contribution in [3.8, 4) is 0 Å². The summed E-state index contributed by atoms with van der Waals surface area (Å²) in [4.78, 5) is 2.53. The molecule has 0 unspecified atom stereocenters. The number of hydrogen-bond acceptors (Lipinski definition) is 3. The summed E-state index contributed by atoms with van der Waals surface area (Å²) in [5.41, 5.74) is 6.83. The maximum atomic E-state index is 5.79. The molecule has 0 saturated heterocycles. The standard InChI is InChI=1S/C14H24N2O/c1-3-16(12-6-4-5-7-12)10-13-8-11(2)14(9-15)17-13/h8,12H,3-7,9-10,15H2,1-2H3. The zero-order valence-corrected chi connectivity index (χ0v) is 11.0. The van der Waals surface area contributed by atoms with Gasteiger partial charge in [-0.05, 0) is 37.9 Å². The van der Waals surface area contributed by atoms with E-state index in [2.05, 4.69) is 24.8 Å². The van der Waals surface area contributed by atoms with Crippen LogP contribution in [0.2, 0.25) is 0 Å². The van der Waals surface area contributed by atoms with Crippen LogP contribution in [0, 0.1) is 6.92 Å². The van der Waals surface area contributed by atoms with Gasteiger partial charge < -0.3 is 10.2 Å². The van der Waals surface area contributed by atoms with Crippen LogP contribution in [0.25, 0.3) is 0 Å². The minimum Gasteiger partial charge on any atom is -0.463 e. The van der Waals surface area contributed by atoms with Crippen LogP contribution in [-0.4, -0.2) is 17.5 Å². The van der Waals surface area contributed by atoms with E-state index in [9.17, 15) is 0 Å². The van der Waals surface area contributed by atoms with E-state index in [0.29, 0.717) is 6.54 Å². The van der Waals surface area contributed by atoms with E-state index in [1.165, 1.54) is 31.2 Å². The van der Waals surface area contributed by atoms with Crippen LogP contribution in [0.1, 0.15) is 49.7 Å². The Bertz CT molecular complexity index is 353. The second kappa shape index (κ2) is 5.69. The van der Waals surface area contributed by atoms with E-state index >= 15 is 0 Å². The van der Waals surface area contributed by atoms with Gasteiger partial charge in [-0.1, -0.05) is 19.8 Å². The summed E-state index contributed by atoms with van der Waals surface area (Å²) in [6, 6.07) is 2.89. The number of rotatable bonds is 5. The molecule has 1 aliphatic rings. The Labute approximate surface area is 104 Å². The van der Waals surface area contributed by atoms with Gasteiger partial charge in [-0.15, -0.1) is 0 Å². The molecule has 0 aromatic carbocycles. The Morgan fingerprint density at radius 1 is 1.41 bits per heavy atom. The molecule has 1 aliphatic carbocycles. The maximum Gasteiger partial charge on any atom is 0.120 e. The molecule has 1 aromatic rings. The van der Waals surface area contributed by atoms with Gasteiger partial charge in [0.05, 0.1) is 13.1 Å². The molecule has 1 aromatic heterocycles. The number of aryl methyl sites for hydroxylation is 1. The van der Waals surface area contributed by atoms with Crippen molar-refractivity contribution in [3.63, 3.8) is 0 Å². The second-order valence-corrected chi connectivity index (χ2v) is 5.02. The lowest BCUT2D eigenvalue weighted by atomic mass is 10.2. The quantitative estimate of drug-likeness (QED) is 0.854. The number of nitrogens with zero attached hydrogens (tertiary/aromatic N) is 1. The number of hydrogen-bond donors (Lipinski definition) is 1. The predicted molar refractivity (Wildman–Crippen MR) is 69.7 cm³/mol. The molecule has 96 valence electrons. The zero-order valence-electron chi connectivity index (χ0n) is 11.0. The molecule has 2 rings (SSSR count). The van der Waals surface area contributed by atoms with Crippen LogP contribution in [0.4, 0.5) is 0 Å². The molecule has 3 heteroatoms. The Hall–Kier alpha value is -0.800. The normalized spacial score (nSPS) is 17.2. The Balaban J connectivity index is 2.01.